The van der Waals surface area contributed by atoms with Crippen LogP contribution in [-0.2, 0) is 0 Å². The van der Waals surface area contributed by atoms with Crippen LogP contribution in [0.2, 0.25) is 0 Å². The van der Waals surface area contributed by atoms with Crippen LogP contribution in [0.25, 0.3) is 10.2 Å². The number of halogens is 1. The fourth-order valence-corrected chi connectivity index (χ4v) is 3.89. The normalized spacial score (nSPS) is 10.8. The minimum atomic E-state index is 0.379. The lowest BCUT2D eigenvalue weighted by molar-refractivity contribution is 1.42. The number of aryl methyl sites for hydroxylation is 1. The molecule has 0 atom stereocenters. The summed E-state index contributed by atoms with van der Waals surface area (Å²) in [6, 6.07) is 12.0. The van der Waals surface area contributed by atoms with Crippen LogP contribution in [0.1, 0.15) is 11.1 Å². The first-order chi connectivity index (χ1) is 10.0. The minimum Gasteiger partial charge on any atom is -0.389 e. The maximum absolute atomic E-state index is 5.65. The van der Waals surface area contributed by atoms with Gasteiger partial charge < -0.3 is 11.1 Å². The number of aromatic nitrogens is 1. The van der Waals surface area contributed by atoms with Crippen LogP contribution < -0.4 is 11.1 Å². The first kappa shape index (κ1) is 14.4. The van der Waals surface area contributed by atoms with Crippen LogP contribution in [0.3, 0.4) is 0 Å². The van der Waals surface area contributed by atoms with Crippen molar-refractivity contribution in [3.8, 4) is 0 Å². The zero-order chi connectivity index (χ0) is 15.0. The van der Waals surface area contributed by atoms with Crippen molar-refractivity contribution in [2.24, 2.45) is 5.73 Å². The molecule has 3 aromatic rings. The number of benzene rings is 2. The Hall–Kier alpha value is -1.50. The molecule has 21 heavy (non-hydrogen) atoms. The lowest BCUT2D eigenvalue weighted by atomic mass is 10.2. The maximum Gasteiger partial charge on any atom is 0.188 e. The van der Waals surface area contributed by atoms with E-state index in [4.69, 9.17) is 18.0 Å². The molecule has 3 nitrogen and oxygen atoms in total. The Labute approximate surface area is 140 Å². The fourth-order valence-electron chi connectivity index (χ4n) is 2.00. The van der Waals surface area contributed by atoms with Crippen LogP contribution in [0.15, 0.2) is 40.9 Å². The van der Waals surface area contributed by atoms with Crippen molar-refractivity contribution < 1.29 is 0 Å². The van der Waals surface area contributed by atoms with E-state index in [0.717, 1.165) is 26.4 Å². The van der Waals surface area contributed by atoms with Crippen LogP contribution in [0.4, 0.5) is 10.8 Å². The predicted molar refractivity (Wildman–Crippen MR) is 97.7 cm³/mol. The van der Waals surface area contributed by atoms with E-state index in [2.05, 4.69) is 45.3 Å². The molecule has 106 valence electrons. The number of nitrogens with two attached hydrogens (primary N) is 1. The molecule has 0 aliphatic rings. The van der Waals surface area contributed by atoms with Gasteiger partial charge in [-0.05, 0) is 58.7 Å². The summed E-state index contributed by atoms with van der Waals surface area (Å²) in [5, 5.41) is 4.18. The molecule has 0 aliphatic carbocycles. The predicted octanol–water partition coefficient (Wildman–Crippen LogP) is 4.75. The number of thiocarbonyl (C=S) groups is 1. The number of anilines is 2. The van der Waals surface area contributed by atoms with E-state index in [1.54, 1.807) is 11.3 Å². The van der Waals surface area contributed by atoms with E-state index >= 15 is 0 Å². The number of fused-ring (bicyclic) bond motifs is 1. The highest BCUT2D eigenvalue weighted by Gasteiger charge is 2.07. The number of rotatable bonds is 3. The van der Waals surface area contributed by atoms with Crippen molar-refractivity contribution in [1.29, 1.82) is 0 Å². The highest BCUT2D eigenvalue weighted by atomic mass is 79.9. The van der Waals surface area contributed by atoms with Gasteiger partial charge in [0.15, 0.2) is 5.13 Å². The molecule has 1 aromatic heterocycles. The van der Waals surface area contributed by atoms with E-state index in [9.17, 15) is 0 Å². The van der Waals surface area contributed by atoms with E-state index in [0.29, 0.717) is 4.99 Å². The van der Waals surface area contributed by atoms with E-state index in [1.807, 2.05) is 24.3 Å². The summed E-state index contributed by atoms with van der Waals surface area (Å²) in [5.41, 5.74) is 9.67. The third-order valence-electron chi connectivity index (χ3n) is 3.03. The quantitative estimate of drug-likeness (QED) is 0.646. The monoisotopic (exact) mass is 377 g/mol. The average molecular weight is 378 g/mol. The molecule has 0 bridgehead atoms. The number of hydrogen-bond acceptors (Lipinski definition) is 4. The summed E-state index contributed by atoms with van der Waals surface area (Å²) in [4.78, 5) is 4.96. The van der Waals surface area contributed by atoms with Crippen LogP contribution >= 0.6 is 39.5 Å². The van der Waals surface area contributed by atoms with Gasteiger partial charge in [-0.15, -0.1) is 0 Å². The van der Waals surface area contributed by atoms with Gasteiger partial charge in [0, 0.05) is 15.7 Å². The Morgan fingerprint density at radius 3 is 2.81 bits per heavy atom. The van der Waals surface area contributed by atoms with Gasteiger partial charge in [0.05, 0.1) is 10.2 Å². The van der Waals surface area contributed by atoms with Gasteiger partial charge in [-0.1, -0.05) is 29.6 Å². The SMILES string of the molecule is Cc1ccc2nc(Nc3ccc(C(N)=S)c(Br)c3)sc2c1. The third-order valence-corrected chi connectivity index (χ3v) is 4.84. The number of nitrogens with one attached hydrogen (secondary N) is 1. The largest absolute Gasteiger partial charge is 0.389 e. The van der Waals surface area contributed by atoms with Crippen molar-refractivity contribution in [1.82, 2.24) is 4.98 Å². The van der Waals surface area contributed by atoms with Crippen LogP contribution in [-0.4, -0.2) is 9.97 Å². The maximum atomic E-state index is 5.65. The molecule has 0 saturated heterocycles. The third kappa shape index (κ3) is 3.07. The van der Waals surface area contributed by atoms with Crippen molar-refractivity contribution in [3.63, 3.8) is 0 Å². The molecule has 0 unspecified atom stereocenters. The molecule has 2 aromatic carbocycles. The number of thiazole rings is 1. The lowest BCUT2D eigenvalue weighted by Gasteiger charge is -2.06. The molecule has 0 aliphatic heterocycles. The van der Waals surface area contributed by atoms with E-state index in [-0.39, 0.29) is 0 Å². The summed E-state index contributed by atoms with van der Waals surface area (Å²) in [7, 11) is 0. The lowest BCUT2D eigenvalue weighted by Crippen LogP contribution is -2.10. The zero-order valence-corrected chi connectivity index (χ0v) is 14.4. The number of hydrogen-bond donors (Lipinski definition) is 2. The van der Waals surface area contributed by atoms with Gasteiger partial charge in [-0.2, -0.15) is 0 Å². The molecule has 0 spiro atoms. The van der Waals surface area contributed by atoms with E-state index in [1.165, 1.54) is 10.3 Å². The molecule has 0 amide bonds. The highest BCUT2D eigenvalue weighted by molar-refractivity contribution is 9.10. The minimum absolute atomic E-state index is 0.379. The second-order valence-electron chi connectivity index (χ2n) is 4.67. The van der Waals surface area contributed by atoms with E-state index < -0.39 is 0 Å². The topological polar surface area (TPSA) is 50.9 Å². The summed E-state index contributed by atoms with van der Waals surface area (Å²) in [6.07, 6.45) is 0. The Morgan fingerprint density at radius 2 is 2.10 bits per heavy atom. The highest BCUT2D eigenvalue weighted by Crippen LogP contribution is 2.30. The summed E-state index contributed by atoms with van der Waals surface area (Å²) >= 11 is 10.1. The molecule has 0 radical (unpaired) electrons. The van der Waals surface area contributed by atoms with Crippen molar-refractivity contribution >= 4 is 65.5 Å². The standard InChI is InChI=1S/C15H12BrN3S2/c1-8-2-5-12-13(6-8)21-15(19-12)18-9-3-4-10(14(17)20)11(16)7-9/h2-7H,1H3,(H2,17,20)(H,18,19). The van der Waals surface area contributed by atoms with Gasteiger partial charge in [-0.3, -0.25) is 0 Å². The molecule has 3 rings (SSSR count). The van der Waals surface area contributed by atoms with Crippen LogP contribution in [0.5, 0.6) is 0 Å². The Balaban J connectivity index is 1.91. The molecule has 0 fully saturated rings. The van der Waals surface area contributed by atoms with Gasteiger partial charge >= 0.3 is 0 Å². The second kappa shape index (κ2) is 5.71. The number of nitrogens with zero attached hydrogens (tertiary/aromatic N) is 1. The summed E-state index contributed by atoms with van der Waals surface area (Å²) in [6.45, 7) is 2.08. The van der Waals surface area contributed by atoms with Crippen molar-refractivity contribution in [2.45, 2.75) is 6.92 Å². The molecule has 0 saturated carbocycles. The fraction of sp³-hybridized carbons (Fsp3) is 0.0667. The Kier molecular flexibility index (Phi) is 3.93. The first-order valence-corrected chi connectivity index (χ1v) is 8.28. The zero-order valence-electron chi connectivity index (χ0n) is 11.2. The van der Waals surface area contributed by atoms with Gasteiger partial charge in [-0.25, -0.2) is 4.98 Å². The smallest absolute Gasteiger partial charge is 0.188 e. The molecular formula is C15H12BrN3S2. The molecule has 6 heteroatoms. The molecule has 3 N–H and O–H groups in total. The summed E-state index contributed by atoms with van der Waals surface area (Å²) in [5.74, 6) is 0. The van der Waals surface area contributed by atoms with Gasteiger partial charge in [0.25, 0.3) is 0 Å². The molecular weight excluding hydrogens is 366 g/mol. The summed E-state index contributed by atoms with van der Waals surface area (Å²) < 4.78 is 2.05. The van der Waals surface area contributed by atoms with Crippen molar-refractivity contribution in [3.05, 3.63) is 52.0 Å². The van der Waals surface area contributed by atoms with Gasteiger partial charge in [0.1, 0.15) is 4.99 Å². The Morgan fingerprint density at radius 1 is 1.29 bits per heavy atom. The second-order valence-corrected chi connectivity index (χ2v) is 7.00. The Bertz CT molecular complexity index is 842. The molecule has 1 heterocycles. The van der Waals surface area contributed by atoms with Crippen molar-refractivity contribution in [2.75, 3.05) is 5.32 Å². The van der Waals surface area contributed by atoms with Crippen LogP contribution in [0, 0.1) is 6.92 Å². The first-order valence-electron chi connectivity index (χ1n) is 6.26. The van der Waals surface area contributed by atoms with Gasteiger partial charge in [0.2, 0.25) is 0 Å². The average Bonchev–Trinajstić information content (AvgIpc) is 2.79.